The number of carbonyl (C=O) groups excluding carboxylic acids is 1. The van der Waals surface area contributed by atoms with Crippen LogP contribution in [0.5, 0.6) is 0 Å². The summed E-state index contributed by atoms with van der Waals surface area (Å²) in [4.78, 5) is 15.5. The molecule has 2 aromatic rings. The molecule has 1 N–H and O–H groups in total. The number of nitrogens with zero attached hydrogens (tertiary/aromatic N) is 1. The highest BCUT2D eigenvalue weighted by Gasteiger charge is 2.15. The van der Waals surface area contributed by atoms with Gasteiger partial charge in [0, 0.05) is 5.56 Å². The maximum atomic E-state index is 13.0. The van der Waals surface area contributed by atoms with Gasteiger partial charge in [-0.25, -0.2) is 18.2 Å². The number of carbonyl (C=O) groups is 1. The minimum Gasteiger partial charge on any atom is -0.307 e. The van der Waals surface area contributed by atoms with Crippen molar-refractivity contribution in [2.24, 2.45) is 0 Å². The molecule has 2 rings (SSSR count). The Bertz CT molecular complexity index is 626. The number of hydrogen-bond donors (Lipinski definition) is 1. The fraction of sp³-hybridized carbons (Fsp3) is 0. The molecule has 19 heavy (non-hydrogen) atoms. The van der Waals surface area contributed by atoms with E-state index in [0.717, 1.165) is 0 Å². The lowest BCUT2D eigenvalue weighted by Gasteiger charge is -2.05. The number of aromatic nitrogens is 1. The standard InChI is InChI=1S/C12H6ClF3N2O/c13-9-2-1-3-10(17-9)18-12(19)6-4-7(14)11(16)8(15)5-6/h1-5H,(H,17,18,19). The van der Waals surface area contributed by atoms with Crippen LogP contribution in [0.2, 0.25) is 5.15 Å². The third-order valence-corrected chi connectivity index (χ3v) is 2.41. The zero-order valence-corrected chi connectivity index (χ0v) is 10.0. The van der Waals surface area contributed by atoms with Crippen LogP contribution in [0.1, 0.15) is 10.4 Å². The van der Waals surface area contributed by atoms with Crippen molar-refractivity contribution in [3.8, 4) is 0 Å². The largest absolute Gasteiger partial charge is 0.307 e. The Morgan fingerprint density at radius 1 is 1.16 bits per heavy atom. The molecular formula is C12H6ClF3N2O. The van der Waals surface area contributed by atoms with E-state index in [1.54, 1.807) is 0 Å². The highest BCUT2D eigenvalue weighted by Crippen LogP contribution is 2.15. The predicted octanol–water partition coefficient (Wildman–Crippen LogP) is 3.40. The lowest BCUT2D eigenvalue weighted by molar-refractivity contribution is 0.102. The maximum absolute atomic E-state index is 13.0. The van der Waals surface area contributed by atoms with E-state index < -0.39 is 23.4 Å². The Labute approximate surface area is 111 Å². The van der Waals surface area contributed by atoms with Crippen molar-refractivity contribution in [2.75, 3.05) is 5.32 Å². The van der Waals surface area contributed by atoms with Crippen molar-refractivity contribution in [3.05, 3.63) is 58.5 Å². The van der Waals surface area contributed by atoms with Crippen molar-refractivity contribution in [1.29, 1.82) is 0 Å². The predicted molar refractivity (Wildman–Crippen MR) is 63.5 cm³/mol. The van der Waals surface area contributed by atoms with Gasteiger partial charge >= 0.3 is 0 Å². The van der Waals surface area contributed by atoms with Gasteiger partial charge in [-0.2, -0.15) is 0 Å². The lowest BCUT2D eigenvalue weighted by atomic mass is 10.2. The number of pyridine rings is 1. The summed E-state index contributed by atoms with van der Waals surface area (Å²) < 4.78 is 38.7. The fourth-order valence-corrected chi connectivity index (χ4v) is 1.52. The minimum atomic E-state index is -1.63. The van der Waals surface area contributed by atoms with Crippen molar-refractivity contribution in [2.45, 2.75) is 0 Å². The molecule has 0 radical (unpaired) electrons. The van der Waals surface area contributed by atoms with Crippen molar-refractivity contribution in [1.82, 2.24) is 4.98 Å². The second-order valence-corrected chi connectivity index (χ2v) is 3.94. The molecule has 3 nitrogen and oxygen atoms in total. The molecular weight excluding hydrogens is 281 g/mol. The van der Waals surface area contributed by atoms with Gasteiger partial charge in [-0.3, -0.25) is 4.79 Å². The third kappa shape index (κ3) is 3.03. The Morgan fingerprint density at radius 3 is 2.37 bits per heavy atom. The molecule has 1 aromatic carbocycles. The fourth-order valence-electron chi connectivity index (χ4n) is 1.35. The van der Waals surface area contributed by atoms with Gasteiger partial charge in [-0.05, 0) is 24.3 Å². The number of benzene rings is 1. The molecule has 0 atom stereocenters. The quantitative estimate of drug-likeness (QED) is 0.679. The molecule has 0 aliphatic rings. The average molecular weight is 287 g/mol. The molecule has 0 spiro atoms. The summed E-state index contributed by atoms with van der Waals surface area (Å²) in [6.07, 6.45) is 0. The highest BCUT2D eigenvalue weighted by molar-refractivity contribution is 6.29. The van der Waals surface area contributed by atoms with E-state index >= 15 is 0 Å². The molecule has 0 aliphatic carbocycles. The lowest BCUT2D eigenvalue weighted by Crippen LogP contribution is -2.14. The van der Waals surface area contributed by atoms with Crippen LogP contribution < -0.4 is 5.32 Å². The summed E-state index contributed by atoms with van der Waals surface area (Å²) in [7, 11) is 0. The van der Waals surface area contributed by atoms with Gasteiger partial charge in [-0.15, -0.1) is 0 Å². The van der Waals surface area contributed by atoms with E-state index in [-0.39, 0.29) is 16.5 Å². The average Bonchev–Trinajstić information content (AvgIpc) is 2.35. The molecule has 0 unspecified atom stereocenters. The van der Waals surface area contributed by atoms with Crippen LogP contribution in [0.4, 0.5) is 19.0 Å². The summed E-state index contributed by atoms with van der Waals surface area (Å²) >= 11 is 5.61. The number of anilines is 1. The van der Waals surface area contributed by atoms with Crippen molar-refractivity contribution < 1.29 is 18.0 Å². The minimum absolute atomic E-state index is 0.114. The molecule has 7 heteroatoms. The van der Waals surface area contributed by atoms with E-state index in [9.17, 15) is 18.0 Å². The van der Waals surface area contributed by atoms with Crippen LogP contribution in [0.15, 0.2) is 30.3 Å². The number of hydrogen-bond acceptors (Lipinski definition) is 2. The van der Waals surface area contributed by atoms with Gasteiger partial charge in [0.2, 0.25) is 0 Å². The normalized spacial score (nSPS) is 10.3. The summed E-state index contributed by atoms with van der Waals surface area (Å²) in [5.41, 5.74) is -0.363. The zero-order valence-electron chi connectivity index (χ0n) is 9.25. The van der Waals surface area contributed by atoms with Gasteiger partial charge in [0.15, 0.2) is 17.5 Å². The second kappa shape index (κ2) is 5.27. The summed E-state index contributed by atoms with van der Waals surface area (Å²) in [6, 6.07) is 5.67. The van der Waals surface area contributed by atoms with Gasteiger partial charge in [-0.1, -0.05) is 17.7 Å². The molecule has 0 saturated heterocycles. The summed E-state index contributed by atoms with van der Waals surface area (Å²) in [6.45, 7) is 0. The molecule has 0 bridgehead atoms. The van der Waals surface area contributed by atoms with Gasteiger partial charge < -0.3 is 5.32 Å². The number of nitrogens with one attached hydrogen (secondary N) is 1. The zero-order chi connectivity index (χ0) is 14.0. The first kappa shape index (κ1) is 13.4. The van der Waals surface area contributed by atoms with E-state index in [4.69, 9.17) is 11.6 Å². The maximum Gasteiger partial charge on any atom is 0.257 e. The van der Waals surface area contributed by atoms with Gasteiger partial charge in [0.25, 0.3) is 5.91 Å². The van der Waals surface area contributed by atoms with Crippen LogP contribution in [-0.2, 0) is 0 Å². The van der Waals surface area contributed by atoms with Crippen molar-refractivity contribution >= 4 is 23.3 Å². The monoisotopic (exact) mass is 286 g/mol. The van der Waals surface area contributed by atoms with Gasteiger partial charge in [0.05, 0.1) is 0 Å². The number of amides is 1. The van der Waals surface area contributed by atoms with Crippen LogP contribution in [0.25, 0.3) is 0 Å². The third-order valence-electron chi connectivity index (χ3n) is 2.20. The Hall–Kier alpha value is -2.08. The topological polar surface area (TPSA) is 42.0 Å². The van der Waals surface area contributed by atoms with E-state index in [0.29, 0.717) is 12.1 Å². The van der Waals surface area contributed by atoms with Crippen molar-refractivity contribution in [3.63, 3.8) is 0 Å². The Morgan fingerprint density at radius 2 is 1.79 bits per heavy atom. The molecule has 0 aliphatic heterocycles. The first-order valence-corrected chi connectivity index (χ1v) is 5.43. The number of halogens is 4. The first-order valence-electron chi connectivity index (χ1n) is 5.06. The SMILES string of the molecule is O=C(Nc1cccc(Cl)n1)c1cc(F)c(F)c(F)c1. The smallest absolute Gasteiger partial charge is 0.257 e. The molecule has 1 amide bonds. The molecule has 1 aromatic heterocycles. The van der Waals surface area contributed by atoms with E-state index in [1.165, 1.54) is 18.2 Å². The van der Waals surface area contributed by atoms with Crippen LogP contribution in [0.3, 0.4) is 0 Å². The highest BCUT2D eigenvalue weighted by atomic mass is 35.5. The van der Waals surface area contributed by atoms with Gasteiger partial charge in [0.1, 0.15) is 11.0 Å². The van der Waals surface area contributed by atoms with Crippen LogP contribution in [-0.4, -0.2) is 10.9 Å². The first-order chi connectivity index (χ1) is 8.97. The molecule has 1 heterocycles. The molecule has 98 valence electrons. The van der Waals surface area contributed by atoms with Crippen LogP contribution >= 0.6 is 11.6 Å². The molecule has 0 saturated carbocycles. The Balaban J connectivity index is 2.25. The number of rotatable bonds is 2. The Kier molecular flexibility index (Phi) is 3.71. The van der Waals surface area contributed by atoms with E-state index in [1.807, 2.05) is 0 Å². The summed E-state index contributed by atoms with van der Waals surface area (Å²) in [5, 5.41) is 2.43. The summed E-state index contributed by atoms with van der Waals surface area (Å²) in [5.74, 6) is -5.22. The van der Waals surface area contributed by atoms with E-state index in [2.05, 4.69) is 10.3 Å². The second-order valence-electron chi connectivity index (χ2n) is 3.55. The van der Waals surface area contributed by atoms with Crippen LogP contribution in [0, 0.1) is 17.5 Å². The molecule has 0 fully saturated rings.